The van der Waals surface area contributed by atoms with Gasteiger partial charge in [0.1, 0.15) is 0 Å². The van der Waals surface area contributed by atoms with E-state index in [1.165, 1.54) is 6.92 Å². The van der Waals surface area contributed by atoms with Crippen LogP contribution in [0.3, 0.4) is 0 Å². The van der Waals surface area contributed by atoms with Crippen molar-refractivity contribution >= 4 is 23.3 Å². The van der Waals surface area contributed by atoms with E-state index in [0.29, 0.717) is 30.1 Å². The quantitative estimate of drug-likeness (QED) is 0.324. The second-order valence-electron chi connectivity index (χ2n) is 6.89. The zero-order valence-corrected chi connectivity index (χ0v) is 17.2. The number of ether oxygens (including phenoxy) is 2. The lowest BCUT2D eigenvalue weighted by molar-refractivity contribution is -0.0948. The highest BCUT2D eigenvalue weighted by Crippen LogP contribution is 2.38. The van der Waals surface area contributed by atoms with Gasteiger partial charge in [-0.3, -0.25) is 4.79 Å². The summed E-state index contributed by atoms with van der Waals surface area (Å²) in [5.41, 5.74) is 2.46. The summed E-state index contributed by atoms with van der Waals surface area (Å²) in [5, 5.41) is 12.3. The standard InChI is InChI=1S/C22H25NO4S/c1-15(23-25)20-8-7-19(14-21(20)16(2)24)28-18-6-4-5-17(13-18)22(26-3)9-11-27-12-10-22/h4-8,13-14,25H,9-12H2,1-3H3/b23-15+. The number of benzene rings is 2. The molecule has 0 spiro atoms. The molecular formula is C22H25NO4S. The summed E-state index contributed by atoms with van der Waals surface area (Å²) in [6.45, 7) is 4.59. The number of oxime groups is 1. The summed E-state index contributed by atoms with van der Waals surface area (Å²) in [5.74, 6) is -0.0604. The molecular weight excluding hydrogens is 374 g/mol. The van der Waals surface area contributed by atoms with Gasteiger partial charge in [0.05, 0.1) is 11.3 Å². The van der Waals surface area contributed by atoms with Gasteiger partial charge in [0.25, 0.3) is 0 Å². The number of methoxy groups -OCH3 is 1. The van der Waals surface area contributed by atoms with Gasteiger partial charge in [0.15, 0.2) is 5.78 Å². The second-order valence-corrected chi connectivity index (χ2v) is 8.04. The first-order valence-corrected chi connectivity index (χ1v) is 10.1. The first-order valence-electron chi connectivity index (χ1n) is 9.24. The molecule has 28 heavy (non-hydrogen) atoms. The maximum Gasteiger partial charge on any atom is 0.160 e. The van der Waals surface area contributed by atoms with E-state index in [1.54, 1.807) is 25.8 Å². The highest BCUT2D eigenvalue weighted by molar-refractivity contribution is 7.99. The van der Waals surface area contributed by atoms with Crippen LogP contribution in [0.5, 0.6) is 0 Å². The molecule has 1 aliphatic heterocycles. The van der Waals surface area contributed by atoms with Crippen LogP contribution in [0.1, 0.15) is 48.2 Å². The minimum atomic E-state index is -0.308. The van der Waals surface area contributed by atoms with Crippen LogP contribution in [0.25, 0.3) is 0 Å². The molecule has 0 atom stereocenters. The van der Waals surface area contributed by atoms with Gasteiger partial charge in [-0.15, -0.1) is 0 Å². The number of carbonyl (C=O) groups is 1. The third kappa shape index (κ3) is 4.29. The van der Waals surface area contributed by atoms with Crippen molar-refractivity contribution in [3.63, 3.8) is 0 Å². The Morgan fingerprint density at radius 2 is 1.82 bits per heavy atom. The van der Waals surface area contributed by atoms with E-state index < -0.39 is 0 Å². The molecule has 1 heterocycles. The van der Waals surface area contributed by atoms with E-state index in [2.05, 4.69) is 23.4 Å². The Kier molecular flexibility index (Phi) is 6.54. The normalized spacial score (nSPS) is 16.8. The summed E-state index contributed by atoms with van der Waals surface area (Å²) < 4.78 is 11.4. The number of nitrogens with zero attached hydrogens (tertiary/aromatic N) is 1. The molecule has 1 saturated heterocycles. The predicted octanol–water partition coefficient (Wildman–Crippen LogP) is 4.89. The summed E-state index contributed by atoms with van der Waals surface area (Å²) in [6, 6.07) is 14.0. The van der Waals surface area contributed by atoms with Crippen molar-refractivity contribution in [1.29, 1.82) is 0 Å². The molecule has 148 valence electrons. The van der Waals surface area contributed by atoms with E-state index in [4.69, 9.17) is 14.7 Å². The second kappa shape index (κ2) is 8.90. The number of hydrogen-bond donors (Lipinski definition) is 1. The fraction of sp³-hybridized carbons (Fsp3) is 0.364. The molecule has 1 N–H and O–H groups in total. The molecule has 1 fully saturated rings. The Balaban J connectivity index is 1.90. The summed E-state index contributed by atoms with van der Waals surface area (Å²) in [7, 11) is 1.76. The first-order chi connectivity index (χ1) is 13.5. The Morgan fingerprint density at radius 3 is 2.46 bits per heavy atom. The van der Waals surface area contributed by atoms with Gasteiger partial charge >= 0.3 is 0 Å². The van der Waals surface area contributed by atoms with E-state index >= 15 is 0 Å². The highest BCUT2D eigenvalue weighted by Gasteiger charge is 2.34. The van der Waals surface area contributed by atoms with Crippen LogP contribution in [0, 0.1) is 0 Å². The van der Waals surface area contributed by atoms with Gasteiger partial charge in [-0.1, -0.05) is 35.1 Å². The van der Waals surface area contributed by atoms with Crippen LogP contribution in [-0.4, -0.2) is 37.0 Å². The Hall–Kier alpha value is -2.15. The first kappa shape index (κ1) is 20.6. The van der Waals surface area contributed by atoms with Crippen molar-refractivity contribution in [3.05, 3.63) is 59.2 Å². The van der Waals surface area contributed by atoms with E-state index in [0.717, 1.165) is 28.2 Å². The minimum Gasteiger partial charge on any atom is -0.411 e. The molecule has 0 saturated carbocycles. The third-order valence-electron chi connectivity index (χ3n) is 5.20. The van der Waals surface area contributed by atoms with Gasteiger partial charge < -0.3 is 14.7 Å². The third-order valence-corrected chi connectivity index (χ3v) is 6.18. The monoisotopic (exact) mass is 399 g/mol. The van der Waals surface area contributed by atoms with E-state index in [-0.39, 0.29) is 11.4 Å². The number of ketones is 1. The lowest BCUT2D eigenvalue weighted by Gasteiger charge is -2.36. The van der Waals surface area contributed by atoms with Crippen LogP contribution in [0.2, 0.25) is 0 Å². The maximum atomic E-state index is 12.1. The van der Waals surface area contributed by atoms with Crippen molar-refractivity contribution in [3.8, 4) is 0 Å². The minimum absolute atomic E-state index is 0.0604. The van der Waals surface area contributed by atoms with Crippen LogP contribution in [-0.2, 0) is 15.1 Å². The van der Waals surface area contributed by atoms with Gasteiger partial charge in [0, 0.05) is 54.1 Å². The average Bonchev–Trinajstić information content (AvgIpc) is 2.73. The van der Waals surface area contributed by atoms with E-state index in [1.807, 2.05) is 24.3 Å². The largest absolute Gasteiger partial charge is 0.411 e. The van der Waals surface area contributed by atoms with Crippen LogP contribution in [0.4, 0.5) is 0 Å². The van der Waals surface area contributed by atoms with Crippen LogP contribution < -0.4 is 0 Å². The number of rotatable bonds is 6. The van der Waals surface area contributed by atoms with Gasteiger partial charge in [-0.25, -0.2) is 0 Å². The van der Waals surface area contributed by atoms with Crippen molar-refractivity contribution < 1.29 is 19.5 Å². The van der Waals surface area contributed by atoms with Gasteiger partial charge in [-0.05, 0) is 43.7 Å². The lowest BCUT2D eigenvalue weighted by Crippen LogP contribution is -2.35. The molecule has 0 radical (unpaired) electrons. The molecule has 6 heteroatoms. The number of Topliss-reactive ketones (excluding diaryl/α,β-unsaturated/α-hetero) is 1. The molecule has 2 aromatic carbocycles. The Labute approximate surface area is 169 Å². The molecule has 1 aliphatic rings. The van der Waals surface area contributed by atoms with Crippen molar-refractivity contribution in [1.82, 2.24) is 0 Å². The highest BCUT2D eigenvalue weighted by atomic mass is 32.2. The molecule has 0 amide bonds. The topological polar surface area (TPSA) is 68.1 Å². The summed E-state index contributed by atoms with van der Waals surface area (Å²) >= 11 is 1.59. The summed E-state index contributed by atoms with van der Waals surface area (Å²) in [4.78, 5) is 14.1. The van der Waals surface area contributed by atoms with E-state index in [9.17, 15) is 4.79 Å². The van der Waals surface area contributed by atoms with Crippen molar-refractivity contribution in [2.45, 2.75) is 42.1 Å². The molecule has 0 unspecified atom stereocenters. The zero-order valence-electron chi connectivity index (χ0n) is 16.4. The number of hydrogen-bond acceptors (Lipinski definition) is 6. The molecule has 2 aromatic rings. The smallest absolute Gasteiger partial charge is 0.160 e. The van der Waals surface area contributed by atoms with Gasteiger partial charge in [-0.2, -0.15) is 0 Å². The molecule has 0 aliphatic carbocycles. The predicted molar refractivity (Wildman–Crippen MR) is 110 cm³/mol. The fourth-order valence-corrected chi connectivity index (χ4v) is 4.46. The van der Waals surface area contributed by atoms with Crippen LogP contribution in [0.15, 0.2) is 57.4 Å². The van der Waals surface area contributed by atoms with Crippen LogP contribution >= 0.6 is 11.8 Å². The molecule has 0 bridgehead atoms. The van der Waals surface area contributed by atoms with Crippen molar-refractivity contribution in [2.75, 3.05) is 20.3 Å². The lowest BCUT2D eigenvalue weighted by atomic mass is 9.86. The Morgan fingerprint density at radius 1 is 1.11 bits per heavy atom. The SMILES string of the molecule is COC1(c2cccc(Sc3ccc(/C(C)=N/O)c(C(C)=O)c3)c2)CCOCC1. The van der Waals surface area contributed by atoms with Crippen molar-refractivity contribution in [2.24, 2.45) is 5.16 Å². The number of carbonyl (C=O) groups excluding carboxylic acids is 1. The molecule has 0 aromatic heterocycles. The zero-order chi connectivity index (χ0) is 20.1. The Bertz CT molecular complexity index is 888. The molecule has 3 rings (SSSR count). The average molecular weight is 400 g/mol. The van der Waals surface area contributed by atoms with Gasteiger partial charge in [0.2, 0.25) is 0 Å². The molecule has 5 nitrogen and oxygen atoms in total. The summed E-state index contributed by atoms with van der Waals surface area (Å²) in [6.07, 6.45) is 1.67. The maximum absolute atomic E-state index is 12.1. The fourth-order valence-electron chi connectivity index (χ4n) is 3.54.